The first-order chi connectivity index (χ1) is 20.4. The molecule has 1 fully saturated rings. The fraction of sp³-hybridized carbons (Fsp3) is 0.529. The van der Waals surface area contributed by atoms with Crippen LogP contribution in [-0.4, -0.2) is 32.8 Å². The van der Waals surface area contributed by atoms with Crippen LogP contribution in [0, 0.1) is 18.3 Å². The van der Waals surface area contributed by atoms with Crippen LogP contribution in [0.2, 0.25) is 0 Å². The zero-order chi connectivity index (χ0) is 30.3. The van der Waals surface area contributed by atoms with Crippen LogP contribution in [-0.2, 0) is 17.8 Å². The van der Waals surface area contributed by atoms with Gasteiger partial charge in [0.25, 0.3) is 11.5 Å². The number of rotatable bonds is 18. The molecule has 6 nitrogen and oxygen atoms in total. The molecule has 2 heterocycles. The van der Waals surface area contributed by atoms with Gasteiger partial charge in [-0.15, -0.1) is 0 Å². The smallest absolute Gasteiger partial charge is 0.270 e. The van der Waals surface area contributed by atoms with Crippen molar-refractivity contribution in [2.45, 2.75) is 104 Å². The molecule has 0 bridgehead atoms. The standard InChI is InChI=1S/C34H46N4O2S2/c1-4-6-7-8-9-10-11-12-13-17-23-38-33(40)30(42-34(38)41)24-28-26(3)29(25-35)32(39)37(22-5-2)31(28)36-21-20-27-18-15-14-16-19-27/h14-16,18-19,24,36H,4-13,17,20-23H2,1-3H3/b30-24+. The van der Waals surface area contributed by atoms with Crippen LogP contribution < -0.4 is 10.9 Å². The molecule has 0 atom stereocenters. The van der Waals surface area contributed by atoms with Crippen molar-refractivity contribution in [1.29, 1.82) is 5.26 Å². The van der Waals surface area contributed by atoms with E-state index in [1.807, 2.05) is 31.2 Å². The molecule has 1 aliphatic heterocycles. The number of nitrogens with one attached hydrogen (secondary N) is 1. The number of unbranched alkanes of at least 4 members (excludes halogenated alkanes) is 9. The minimum absolute atomic E-state index is 0.0951. The third-order valence-electron chi connectivity index (χ3n) is 7.76. The summed E-state index contributed by atoms with van der Waals surface area (Å²) in [5.74, 6) is 0.552. The molecule has 0 aliphatic carbocycles. The van der Waals surface area contributed by atoms with E-state index in [0.717, 1.165) is 25.7 Å². The predicted octanol–water partition coefficient (Wildman–Crippen LogP) is 8.22. The van der Waals surface area contributed by atoms with Gasteiger partial charge in [0.05, 0.1) is 4.91 Å². The summed E-state index contributed by atoms with van der Waals surface area (Å²) in [7, 11) is 0. The summed E-state index contributed by atoms with van der Waals surface area (Å²) in [6.07, 6.45) is 15.7. The van der Waals surface area contributed by atoms with Gasteiger partial charge in [-0.1, -0.05) is 126 Å². The molecule has 1 amide bonds. The highest BCUT2D eigenvalue weighted by atomic mass is 32.2. The fourth-order valence-corrected chi connectivity index (χ4v) is 6.63. The van der Waals surface area contributed by atoms with Crippen molar-refractivity contribution in [3.63, 3.8) is 0 Å². The molecule has 0 saturated carbocycles. The second-order valence-corrected chi connectivity index (χ2v) is 12.7. The van der Waals surface area contributed by atoms with Crippen LogP contribution in [0.3, 0.4) is 0 Å². The zero-order valence-corrected chi connectivity index (χ0v) is 27.2. The largest absolute Gasteiger partial charge is 0.371 e. The zero-order valence-electron chi connectivity index (χ0n) is 25.5. The number of amides is 1. The summed E-state index contributed by atoms with van der Waals surface area (Å²) in [5.41, 5.74) is 2.28. The van der Waals surface area contributed by atoms with Crippen LogP contribution in [0.15, 0.2) is 40.0 Å². The number of nitriles is 1. The Bertz CT molecular complexity index is 1330. The summed E-state index contributed by atoms with van der Waals surface area (Å²) in [5, 5.41) is 13.3. The summed E-state index contributed by atoms with van der Waals surface area (Å²) in [6.45, 7) is 7.74. The van der Waals surface area contributed by atoms with E-state index in [4.69, 9.17) is 12.2 Å². The highest BCUT2D eigenvalue weighted by molar-refractivity contribution is 8.26. The Balaban J connectivity index is 1.73. The van der Waals surface area contributed by atoms with Crippen LogP contribution in [0.5, 0.6) is 0 Å². The second kappa shape index (κ2) is 17.9. The molecule has 0 spiro atoms. The molecule has 8 heteroatoms. The van der Waals surface area contributed by atoms with Gasteiger partial charge in [-0.3, -0.25) is 19.1 Å². The molecule has 3 rings (SSSR count). The number of carbonyl (C=O) groups excluding carboxylic acids is 1. The average molecular weight is 607 g/mol. The molecular formula is C34H46N4O2S2. The van der Waals surface area contributed by atoms with Crippen molar-refractivity contribution in [3.05, 3.63) is 67.8 Å². The molecule has 226 valence electrons. The molecule has 0 radical (unpaired) electrons. The number of nitrogens with zero attached hydrogens (tertiary/aromatic N) is 3. The quantitative estimate of drug-likeness (QED) is 0.105. The van der Waals surface area contributed by atoms with E-state index in [9.17, 15) is 14.9 Å². The van der Waals surface area contributed by atoms with E-state index in [-0.39, 0.29) is 17.0 Å². The topological polar surface area (TPSA) is 78.1 Å². The van der Waals surface area contributed by atoms with Gasteiger partial charge >= 0.3 is 0 Å². The number of carbonyl (C=O) groups is 1. The molecular weight excluding hydrogens is 561 g/mol. The number of hydrogen-bond donors (Lipinski definition) is 1. The van der Waals surface area contributed by atoms with Crippen molar-refractivity contribution in [3.8, 4) is 6.07 Å². The maximum absolute atomic E-state index is 13.5. The summed E-state index contributed by atoms with van der Waals surface area (Å²) in [4.78, 5) is 29.0. The third-order valence-corrected chi connectivity index (χ3v) is 9.13. The van der Waals surface area contributed by atoms with E-state index < -0.39 is 0 Å². The summed E-state index contributed by atoms with van der Waals surface area (Å²) < 4.78 is 2.22. The van der Waals surface area contributed by atoms with Crippen LogP contribution in [0.1, 0.15) is 107 Å². The Hall–Kier alpha value is -2.89. The van der Waals surface area contributed by atoms with Crippen molar-refractivity contribution >= 4 is 46.1 Å². The number of pyridine rings is 1. The first-order valence-corrected chi connectivity index (χ1v) is 16.9. The Labute approximate surface area is 261 Å². The highest BCUT2D eigenvalue weighted by Crippen LogP contribution is 2.35. The Kier molecular flexibility index (Phi) is 14.3. The van der Waals surface area contributed by atoms with Gasteiger partial charge in [0.1, 0.15) is 21.8 Å². The van der Waals surface area contributed by atoms with Crippen molar-refractivity contribution < 1.29 is 4.79 Å². The highest BCUT2D eigenvalue weighted by Gasteiger charge is 2.32. The fourth-order valence-electron chi connectivity index (χ4n) is 5.34. The van der Waals surface area contributed by atoms with Gasteiger partial charge in [0.15, 0.2) is 0 Å². The molecule has 42 heavy (non-hydrogen) atoms. The van der Waals surface area contributed by atoms with Crippen molar-refractivity contribution in [2.24, 2.45) is 0 Å². The van der Waals surface area contributed by atoms with Gasteiger partial charge < -0.3 is 5.32 Å². The number of thioether (sulfide) groups is 1. The van der Waals surface area contributed by atoms with Crippen LogP contribution in [0.4, 0.5) is 5.82 Å². The van der Waals surface area contributed by atoms with Gasteiger partial charge in [-0.25, -0.2) is 0 Å². The van der Waals surface area contributed by atoms with E-state index in [0.29, 0.717) is 45.8 Å². The molecule has 1 aliphatic rings. The van der Waals surface area contributed by atoms with E-state index in [1.54, 1.807) is 16.4 Å². The van der Waals surface area contributed by atoms with Gasteiger partial charge in [0, 0.05) is 25.2 Å². The van der Waals surface area contributed by atoms with E-state index in [2.05, 4.69) is 30.4 Å². The minimum atomic E-state index is -0.301. The minimum Gasteiger partial charge on any atom is -0.371 e. The van der Waals surface area contributed by atoms with E-state index >= 15 is 0 Å². The molecule has 2 aromatic rings. The summed E-state index contributed by atoms with van der Waals surface area (Å²) >= 11 is 6.92. The second-order valence-electron chi connectivity index (χ2n) is 11.0. The SMILES string of the molecule is CCCCCCCCCCCCN1C(=O)/C(=C\c2c(C)c(C#N)c(=O)n(CCC)c2NCCc2ccccc2)SC1=S. The van der Waals surface area contributed by atoms with Gasteiger partial charge in [0.2, 0.25) is 0 Å². The van der Waals surface area contributed by atoms with Crippen molar-refractivity contribution in [2.75, 3.05) is 18.4 Å². The lowest BCUT2D eigenvalue weighted by Crippen LogP contribution is -2.29. The van der Waals surface area contributed by atoms with Crippen LogP contribution in [0.25, 0.3) is 6.08 Å². The maximum Gasteiger partial charge on any atom is 0.270 e. The maximum atomic E-state index is 13.5. The average Bonchev–Trinajstić information content (AvgIpc) is 3.25. The Morgan fingerprint density at radius 2 is 1.57 bits per heavy atom. The molecule has 0 unspecified atom stereocenters. The Morgan fingerprint density at radius 3 is 2.19 bits per heavy atom. The molecule has 1 saturated heterocycles. The van der Waals surface area contributed by atoms with Crippen LogP contribution >= 0.6 is 24.0 Å². The lowest BCUT2D eigenvalue weighted by Gasteiger charge is -2.20. The first-order valence-electron chi connectivity index (χ1n) is 15.6. The van der Waals surface area contributed by atoms with Gasteiger partial charge in [-0.05, 0) is 43.4 Å². The van der Waals surface area contributed by atoms with Gasteiger partial charge in [-0.2, -0.15) is 5.26 Å². The number of hydrogen-bond acceptors (Lipinski definition) is 6. The lowest BCUT2D eigenvalue weighted by molar-refractivity contribution is -0.122. The Morgan fingerprint density at radius 1 is 0.929 bits per heavy atom. The number of benzene rings is 1. The molecule has 1 aromatic carbocycles. The van der Waals surface area contributed by atoms with Crippen molar-refractivity contribution in [1.82, 2.24) is 9.47 Å². The number of thiocarbonyl (C=S) groups is 1. The molecule has 1 aromatic heterocycles. The predicted molar refractivity (Wildman–Crippen MR) is 181 cm³/mol. The lowest BCUT2D eigenvalue weighted by atomic mass is 10.0. The van der Waals surface area contributed by atoms with E-state index in [1.165, 1.54) is 68.7 Å². The monoisotopic (exact) mass is 606 g/mol. The number of aromatic nitrogens is 1. The number of anilines is 1. The third kappa shape index (κ3) is 9.31. The first kappa shape index (κ1) is 33.6. The normalized spacial score (nSPS) is 14.1. The molecule has 1 N–H and O–H groups in total. The summed E-state index contributed by atoms with van der Waals surface area (Å²) in [6, 6.07) is 12.3.